The molecule has 0 spiro atoms. The van der Waals surface area contributed by atoms with Gasteiger partial charge < -0.3 is 9.67 Å². The van der Waals surface area contributed by atoms with Gasteiger partial charge in [-0.25, -0.2) is 4.79 Å². The summed E-state index contributed by atoms with van der Waals surface area (Å²) in [5.41, 5.74) is 7.90. The summed E-state index contributed by atoms with van der Waals surface area (Å²) < 4.78 is 2.09. The average molecular weight is 407 g/mol. The summed E-state index contributed by atoms with van der Waals surface area (Å²) in [4.78, 5) is 18.1. The Labute approximate surface area is 175 Å². The van der Waals surface area contributed by atoms with Gasteiger partial charge in [-0.15, -0.1) is 11.3 Å². The molecule has 1 aliphatic rings. The fourth-order valence-electron chi connectivity index (χ4n) is 4.16. The van der Waals surface area contributed by atoms with Crippen LogP contribution >= 0.6 is 11.3 Å². The molecule has 1 aromatic carbocycles. The molecule has 1 N–H and O–H groups in total. The lowest BCUT2D eigenvalue weighted by Crippen LogP contribution is -2.09. The number of carboxylic acids is 1. The lowest BCUT2D eigenvalue weighted by atomic mass is 9.95. The molecule has 0 radical (unpaired) electrons. The summed E-state index contributed by atoms with van der Waals surface area (Å²) in [5.74, 6) is -0.822. The highest BCUT2D eigenvalue weighted by Gasteiger charge is 2.27. The Morgan fingerprint density at radius 2 is 1.90 bits per heavy atom. The largest absolute Gasteiger partial charge is 0.478 e. The van der Waals surface area contributed by atoms with Crippen molar-refractivity contribution >= 4 is 29.2 Å². The molecule has 2 heterocycles. The minimum Gasteiger partial charge on any atom is -0.478 e. The number of thiophene rings is 1. The predicted molar refractivity (Wildman–Crippen MR) is 120 cm³/mol. The van der Waals surface area contributed by atoms with Gasteiger partial charge >= 0.3 is 5.97 Å². The summed E-state index contributed by atoms with van der Waals surface area (Å²) >= 11 is 1.64. The number of rotatable bonds is 4. The predicted octanol–water partition coefficient (Wildman–Crippen LogP) is 6.10. The smallest absolute Gasteiger partial charge is 0.339 e. The van der Waals surface area contributed by atoms with Crippen molar-refractivity contribution in [2.24, 2.45) is 4.99 Å². The number of hydrogen-bond donors (Lipinski definition) is 1. The van der Waals surface area contributed by atoms with Crippen molar-refractivity contribution in [2.45, 2.75) is 53.4 Å². The maximum absolute atomic E-state index is 12.1. The van der Waals surface area contributed by atoms with Crippen molar-refractivity contribution in [2.75, 3.05) is 0 Å². The molecule has 1 aliphatic carbocycles. The number of aromatic carboxylic acids is 1. The molecule has 0 unspecified atom stereocenters. The van der Waals surface area contributed by atoms with Gasteiger partial charge in [0.2, 0.25) is 0 Å². The number of hydrogen-bond acceptors (Lipinski definition) is 3. The summed E-state index contributed by atoms with van der Waals surface area (Å²) in [6.45, 7) is 8.20. The Morgan fingerprint density at radius 3 is 2.66 bits per heavy atom. The standard InChI is InChI=1S/C24H26N2O2S/c1-14-9-10-15(2)20(11-14)25-13-18-12-16(3)26(17(18)4)23-22(24(27)28)19-7-5-6-8-21(19)29-23/h9-13H,5-8H2,1-4H3,(H,27,28). The zero-order chi connectivity index (χ0) is 20.7. The van der Waals surface area contributed by atoms with E-state index in [1.54, 1.807) is 11.3 Å². The summed E-state index contributed by atoms with van der Waals surface area (Å²) in [5, 5.41) is 10.8. The number of fused-ring (bicyclic) bond motifs is 1. The van der Waals surface area contributed by atoms with Gasteiger partial charge in [0.1, 0.15) is 5.00 Å². The first-order valence-electron chi connectivity index (χ1n) is 10.0. The summed E-state index contributed by atoms with van der Waals surface area (Å²) in [7, 11) is 0. The van der Waals surface area contributed by atoms with Gasteiger partial charge in [-0.2, -0.15) is 0 Å². The Bertz CT molecular complexity index is 1130. The number of carboxylic acid groups (broad SMARTS) is 1. The van der Waals surface area contributed by atoms with E-state index in [4.69, 9.17) is 4.99 Å². The highest BCUT2D eigenvalue weighted by molar-refractivity contribution is 7.15. The molecule has 2 aromatic heterocycles. The monoisotopic (exact) mass is 406 g/mol. The second kappa shape index (κ2) is 7.64. The van der Waals surface area contributed by atoms with E-state index in [0.717, 1.165) is 64.4 Å². The molecule has 0 fully saturated rings. The third-order valence-electron chi connectivity index (χ3n) is 5.75. The van der Waals surface area contributed by atoms with Crippen molar-refractivity contribution in [3.63, 3.8) is 0 Å². The van der Waals surface area contributed by atoms with Gasteiger partial charge in [0.15, 0.2) is 0 Å². The Balaban J connectivity index is 1.79. The average Bonchev–Trinajstić information content (AvgIpc) is 3.19. The Hall–Kier alpha value is -2.66. The van der Waals surface area contributed by atoms with Gasteiger partial charge in [0, 0.05) is 28.0 Å². The van der Waals surface area contributed by atoms with Crippen LogP contribution in [0, 0.1) is 27.7 Å². The molecule has 0 bridgehead atoms. The third kappa shape index (κ3) is 3.55. The van der Waals surface area contributed by atoms with Crippen molar-refractivity contribution in [3.8, 4) is 5.00 Å². The van der Waals surface area contributed by atoms with Gasteiger partial charge in [0.05, 0.1) is 11.3 Å². The lowest BCUT2D eigenvalue weighted by molar-refractivity contribution is 0.0696. The van der Waals surface area contributed by atoms with Crippen LogP contribution in [0.15, 0.2) is 29.3 Å². The normalized spacial score (nSPS) is 13.8. The first kappa shape index (κ1) is 19.6. The van der Waals surface area contributed by atoms with Crippen molar-refractivity contribution in [3.05, 3.63) is 68.3 Å². The van der Waals surface area contributed by atoms with Crippen molar-refractivity contribution in [1.82, 2.24) is 4.57 Å². The summed E-state index contributed by atoms with van der Waals surface area (Å²) in [6.07, 6.45) is 5.97. The van der Waals surface area contributed by atoms with Crippen LogP contribution in [0.1, 0.15) is 61.7 Å². The minimum absolute atomic E-state index is 0.490. The van der Waals surface area contributed by atoms with E-state index in [1.165, 1.54) is 10.4 Å². The van der Waals surface area contributed by atoms with Gasteiger partial charge in [-0.1, -0.05) is 12.1 Å². The molecule has 0 saturated heterocycles. The van der Waals surface area contributed by atoms with Crippen LogP contribution in [0.25, 0.3) is 5.00 Å². The molecule has 3 aromatic rings. The molecule has 4 nitrogen and oxygen atoms in total. The van der Waals surface area contributed by atoms with Crippen molar-refractivity contribution < 1.29 is 9.90 Å². The zero-order valence-corrected chi connectivity index (χ0v) is 18.2. The number of aliphatic imine (C=N–C) groups is 1. The van der Waals surface area contributed by atoms with Gasteiger partial charge in [0.25, 0.3) is 0 Å². The molecule has 4 rings (SSSR count). The van der Waals surface area contributed by atoms with E-state index in [-0.39, 0.29) is 0 Å². The van der Waals surface area contributed by atoms with E-state index in [2.05, 4.69) is 42.7 Å². The van der Waals surface area contributed by atoms with E-state index in [9.17, 15) is 9.90 Å². The maximum Gasteiger partial charge on any atom is 0.339 e. The fourth-order valence-corrected chi connectivity index (χ4v) is 5.65. The second-order valence-electron chi connectivity index (χ2n) is 7.91. The highest BCUT2D eigenvalue weighted by atomic mass is 32.1. The fraction of sp³-hybridized carbons (Fsp3) is 0.333. The molecular formula is C24H26N2O2S. The van der Waals surface area contributed by atoms with Gasteiger partial charge in [-0.3, -0.25) is 4.99 Å². The lowest BCUT2D eigenvalue weighted by Gasteiger charge is -2.11. The maximum atomic E-state index is 12.1. The quantitative estimate of drug-likeness (QED) is 0.532. The molecule has 0 saturated carbocycles. The number of carbonyl (C=O) groups is 1. The molecule has 29 heavy (non-hydrogen) atoms. The zero-order valence-electron chi connectivity index (χ0n) is 17.4. The first-order chi connectivity index (χ1) is 13.9. The highest BCUT2D eigenvalue weighted by Crippen LogP contribution is 2.38. The van der Waals surface area contributed by atoms with Crippen LogP contribution < -0.4 is 0 Å². The molecule has 0 atom stereocenters. The number of benzene rings is 1. The van der Waals surface area contributed by atoms with Crippen LogP contribution in [0.3, 0.4) is 0 Å². The molecule has 0 amide bonds. The van der Waals surface area contributed by atoms with Gasteiger partial charge in [-0.05, 0) is 82.2 Å². The number of aromatic nitrogens is 1. The minimum atomic E-state index is -0.822. The Morgan fingerprint density at radius 1 is 1.14 bits per heavy atom. The number of nitrogens with zero attached hydrogens (tertiary/aromatic N) is 2. The van der Waals surface area contributed by atoms with Crippen LogP contribution in [-0.4, -0.2) is 21.9 Å². The van der Waals surface area contributed by atoms with E-state index in [1.807, 2.05) is 20.1 Å². The van der Waals surface area contributed by atoms with Crippen molar-refractivity contribution in [1.29, 1.82) is 0 Å². The first-order valence-corrected chi connectivity index (χ1v) is 10.9. The molecular weight excluding hydrogens is 380 g/mol. The third-order valence-corrected chi connectivity index (χ3v) is 7.02. The molecule has 150 valence electrons. The second-order valence-corrected chi connectivity index (χ2v) is 8.99. The molecule has 5 heteroatoms. The summed E-state index contributed by atoms with van der Waals surface area (Å²) in [6, 6.07) is 8.35. The Kier molecular flexibility index (Phi) is 5.17. The number of aryl methyl sites for hydroxylation is 4. The van der Waals surface area contributed by atoms with E-state index >= 15 is 0 Å². The van der Waals surface area contributed by atoms with Crippen LogP contribution in [0.4, 0.5) is 5.69 Å². The van der Waals surface area contributed by atoms with E-state index < -0.39 is 5.97 Å². The molecule has 0 aliphatic heterocycles. The van der Waals surface area contributed by atoms with Crippen LogP contribution in [0.5, 0.6) is 0 Å². The topological polar surface area (TPSA) is 54.6 Å². The van der Waals surface area contributed by atoms with E-state index in [0.29, 0.717) is 5.56 Å². The van der Waals surface area contributed by atoms with Crippen LogP contribution in [0.2, 0.25) is 0 Å². The van der Waals surface area contributed by atoms with Crippen LogP contribution in [-0.2, 0) is 12.8 Å². The SMILES string of the molecule is Cc1ccc(C)c(N=Cc2cc(C)n(-c3sc4c(c3C(=O)O)CCCC4)c2C)c1.